The van der Waals surface area contributed by atoms with Crippen molar-refractivity contribution in [1.82, 2.24) is 15.5 Å². The summed E-state index contributed by atoms with van der Waals surface area (Å²) in [4.78, 5) is 14.8. The van der Waals surface area contributed by atoms with Gasteiger partial charge in [-0.15, -0.1) is 0 Å². The zero-order valence-electron chi connectivity index (χ0n) is 13.9. The molecule has 3 rings (SSSR count). The molecule has 0 aromatic carbocycles. The second-order valence-corrected chi connectivity index (χ2v) is 7.21. The third-order valence-corrected chi connectivity index (χ3v) is 5.57. The first kappa shape index (κ1) is 16.1. The minimum absolute atomic E-state index is 0.0159. The van der Waals surface area contributed by atoms with Crippen molar-refractivity contribution in [3.8, 4) is 0 Å². The Morgan fingerprint density at radius 1 is 1.05 bits per heavy atom. The molecule has 2 amide bonds. The molecule has 3 aliphatic rings. The van der Waals surface area contributed by atoms with Gasteiger partial charge in [0.05, 0.1) is 12.1 Å². The average Bonchev–Trinajstić information content (AvgIpc) is 2.93. The number of hydrogen-bond donors (Lipinski definition) is 2. The lowest BCUT2D eigenvalue weighted by molar-refractivity contribution is 0.107. The first-order valence-corrected chi connectivity index (χ1v) is 9.15. The first-order valence-electron chi connectivity index (χ1n) is 9.15. The average molecular weight is 309 g/mol. The monoisotopic (exact) mass is 309 g/mol. The summed E-state index contributed by atoms with van der Waals surface area (Å²) >= 11 is 0. The van der Waals surface area contributed by atoms with Crippen LogP contribution in [0, 0.1) is 0 Å². The fraction of sp³-hybridized carbons (Fsp3) is 0.941. The van der Waals surface area contributed by atoms with Crippen molar-refractivity contribution in [2.45, 2.75) is 82.5 Å². The molecule has 0 aromatic heterocycles. The van der Waals surface area contributed by atoms with Crippen LogP contribution in [0.5, 0.6) is 0 Å². The molecule has 0 bridgehead atoms. The molecule has 3 unspecified atom stereocenters. The lowest BCUT2D eigenvalue weighted by atomic mass is 9.92. The van der Waals surface area contributed by atoms with Gasteiger partial charge in [0.1, 0.15) is 0 Å². The van der Waals surface area contributed by atoms with Crippen LogP contribution in [0.25, 0.3) is 0 Å². The highest BCUT2D eigenvalue weighted by Gasteiger charge is 2.29. The van der Waals surface area contributed by atoms with E-state index >= 15 is 0 Å². The molecule has 126 valence electrons. The first-order chi connectivity index (χ1) is 10.7. The molecule has 5 heteroatoms. The van der Waals surface area contributed by atoms with E-state index in [-0.39, 0.29) is 18.2 Å². The molecule has 3 fully saturated rings. The van der Waals surface area contributed by atoms with Gasteiger partial charge in [0.15, 0.2) is 0 Å². The van der Waals surface area contributed by atoms with E-state index in [9.17, 15) is 4.79 Å². The fourth-order valence-electron chi connectivity index (χ4n) is 4.22. The van der Waals surface area contributed by atoms with Crippen LogP contribution >= 0.6 is 0 Å². The molecule has 0 radical (unpaired) electrons. The Morgan fingerprint density at radius 3 is 2.59 bits per heavy atom. The number of nitrogens with zero attached hydrogens (tertiary/aromatic N) is 1. The number of amides is 2. The topological polar surface area (TPSA) is 53.6 Å². The van der Waals surface area contributed by atoms with Crippen LogP contribution in [-0.2, 0) is 4.74 Å². The number of ether oxygens (including phenoxy) is 1. The Balaban J connectivity index is 1.44. The summed E-state index contributed by atoms with van der Waals surface area (Å²) in [7, 11) is 0. The van der Waals surface area contributed by atoms with Gasteiger partial charge in [-0.25, -0.2) is 4.79 Å². The van der Waals surface area contributed by atoms with E-state index in [0.29, 0.717) is 6.04 Å². The zero-order chi connectivity index (χ0) is 15.4. The van der Waals surface area contributed by atoms with Gasteiger partial charge in [0.2, 0.25) is 0 Å². The molecule has 0 aromatic rings. The van der Waals surface area contributed by atoms with Gasteiger partial charge < -0.3 is 15.4 Å². The Kier molecular flexibility index (Phi) is 5.58. The van der Waals surface area contributed by atoms with Crippen LogP contribution in [0.2, 0.25) is 0 Å². The van der Waals surface area contributed by atoms with Crippen molar-refractivity contribution in [1.29, 1.82) is 0 Å². The minimum Gasteiger partial charge on any atom is -0.376 e. The number of hydrogen-bond acceptors (Lipinski definition) is 3. The maximum Gasteiger partial charge on any atom is 0.315 e. The van der Waals surface area contributed by atoms with Crippen LogP contribution in [0.1, 0.15) is 58.3 Å². The molecule has 2 N–H and O–H groups in total. The largest absolute Gasteiger partial charge is 0.376 e. The molecule has 22 heavy (non-hydrogen) atoms. The second kappa shape index (κ2) is 7.64. The van der Waals surface area contributed by atoms with Gasteiger partial charge >= 0.3 is 6.03 Å². The number of carbonyl (C=O) groups excluding carboxylic acids is 1. The predicted molar refractivity (Wildman–Crippen MR) is 87.0 cm³/mol. The van der Waals surface area contributed by atoms with E-state index in [1.807, 2.05) is 6.92 Å². The van der Waals surface area contributed by atoms with E-state index in [0.717, 1.165) is 32.0 Å². The van der Waals surface area contributed by atoms with Crippen LogP contribution < -0.4 is 10.6 Å². The Morgan fingerprint density at radius 2 is 1.86 bits per heavy atom. The summed E-state index contributed by atoms with van der Waals surface area (Å²) in [6.07, 6.45) is 10.2. The molecule has 2 aliphatic heterocycles. The highest BCUT2D eigenvalue weighted by molar-refractivity contribution is 5.74. The van der Waals surface area contributed by atoms with Crippen molar-refractivity contribution < 1.29 is 9.53 Å². The third-order valence-electron chi connectivity index (χ3n) is 5.57. The fourth-order valence-corrected chi connectivity index (χ4v) is 4.22. The quantitative estimate of drug-likeness (QED) is 0.841. The smallest absolute Gasteiger partial charge is 0.315 e. The van der Waals surface area contributed by atoms with Gasteiger partial charge in [-0.2, -0.15) is 0 Å². The van der Waals surface area contributed by atoms with Crippen LogP contribution in [0.15, 0.2) is 0 Å². The van der Waals surface area contributed by atoms with Crippen molar-refractivity contribution in [3.63, 3.8) is 0 Å². The molecule has 5 nitrogen and oxygen atoms in total. The van der Waals surface area contributed by atoms with Crippen LogP contribution in [0.4, 0.5) is 4.79 Å². The van der Waals surface area contributed by atoms with Gasteiger partial charge in [0.25, 0.3) is 0 Å². The number of likely N-dealkylation sites (tertiary alicyclic amines) is 1. The molecule has 2 heterocycles. The highest BCUT2D eigenvalue weighted by Crippen LogP contribution is 2.25. The predicted octanol–water partition coefficient (Wildman–Crippen LogP) is 2.26. The number of carbonyl (C=O) groups is 1. The van der Waals surface area contributed by atoms with E-state index in [1.54, 1.807) is 0 Å². The minimum atomic E-state index is -0.0159. The number of nitrogens with one attached hydrogen (secondary N) is 2. The summed E-state index contributed by atoms with van der Waals surface area (Å²) in [5, 5.41) is 6.26. The van der Waals surface area contributed by atoms with Gasteiger partial charge in [-0.3, -0.25) is 4.90 Å². The summed E-state index contributed by atoms with van der Waals surface area (Å²) in [5.41, 5.74) is 0. The Bertz CT molecular complexity index is 371. The van der Waals surface area contributed by atoms with Crippen LogP contribution in [0.3, 0.4) is 0 Å². The van der Waals surface area contributed by atoms with Crippen LogP contribution in [-0.4, -0.2) is 54.9 Å². The van der Waals surface area contributed by atoms with E-state index < -0.39 is 0 Å². The summed E-state index contributed by atoms with van der Waals surface area (Å²) < 4.78 is 5.50. The molecule has 2 saturated heterocycles. The Hall–Kier alpha value is -0.810. The third kappa shape index (κ3) is 4.13. The van der Waals surface area contributed by atoms with Crippen molar-refractivity contribution in [3.05, 3.63) is 0 Å². The van der Waals surface area contributed by atoms with Crippen molar-refractivity contribution in [2.24, 2.45) is 0 Å². The molecular weight excluding hydrogens is 278 g/mol. The van der Waals surface area contributed by atoms with Crippen molar-refractivity contribution in [2.75, 3.05) is 19.7 Å². The van der Waals surface area contributed by atoms with Crippen molar-refractivity contribution >= 4 is 6.03 Å². The van der Waals surface area contributed by atoms with Gasteiger partial charge in [0, 0.05) is 25.2 Å². The molecule has 1 saturated carbocycles. The molecule has 1 aliphatic carbocycles. The standard InChI is InChI=1S/C17H31N3O2/c1-13-16(9-11-22-13)19-17(21)18-14-6-5-10-20(12-14)15-7-3-2-4-8-15/h13-16H,2-12H2,1H3,(H2,18,19,21). The van der Waals surface area contributed by atoms with E-state index in [1.165, 1.54) is 45.1 Å². The maximum absolute atomic E-state index is 12.2. The van der Waals surface area contributed by atoms with E-state index in [4.69, 9.17) is 4.74 Å². The lowest BCUT2D eigenvalue weighted by Crippen LogP contribution is -2.54. The maximum atomic E-state index is 12.2. The lowest BCUT2D eigenvalue weighted by Gasteiger charge is -2.40. The number of urea groups is 1. The molecule has 0 spiro atoms. The highest BCUT2D eigenvalue weighted by atomic mass is 16.5. The van der Waals surface area contributed by atoms with Gasteiger partial charge in [-0.05, 0) is 45.6 Å². The molecule has 3 atom stereocenters. The number of piperidine rings is 1. The summed E-state index contributed by atoms with van der Waals surface area (Å²) in [5.74, 6) is 0. The van der Waals surface area contributed by atoms with E-state index in [2.05, 4.69) is 15.5 Å². The normalized spacial score (nSPS) is 34.5. The number of rotatable bonds is 3. The second-order valence-electron chi connectivity index (χ2n) is 7.21. The molecular formula is C17H31N3O2. The summed E-state index contributed by atoms with van der Waals surface area (Å²) in [6, 6.07) is 1.20. The SMILES string of the molecule is CC1OCCC1NC(=O)NC1CCCN(C2CCCCC2)C1. The zero-order valence-corrected chi connectivity index (χ0v) is 13.9. The summed E-state index contributed by atoms with van der Waals surface area (Å²) in [6.45, 7) is 5.02. The Labute approximate surface area is 134 Å². The van der Waals surface area contributed by atoms with Gasteiger partial charge in [-0.1, -0.05) is 19.3 Å².